The van der Waals surface area contributed by atoms with E-state index in [1.807, 2.05) is 18.0 Å². The topological polar surface area (TPSA) is 109 Å². The predicted octanol–water partition coefficient (Wildman–Crippen LogP) is -0.194. The molecule has 1 heterocycles. The van der Waals surface area contributed by atoms with E-state index in [0.717, 1.165) is 0 Å². The van der Waals surface area contributed by atoms with Crippen LogP contribution < -0.4 is 17.0 Å². The number of allylic oxidation sites excluding steroid dienone is 3. The van der Waals surface area contributed by atoms with E-state index in [-0.39, 0.29) is 0 Å². The number of rotatable bonds is 2. The molecule has 0 aliphatic heterocycles. The van der Waals surface area contributed by atoms with Gasteiger partial charge in [-0.3, -0.25) is 14.6 Å². The highest BCUT2D eigenvalue weighted by atomic mass is 19.1. The molecule has 92 valence electrons. The van der Waals surface area contributed by atoms with Crippen LogP contribution in [0.15, 0.2) is 40.1 Å². The molecule has 17 heavy (non-hydrogen) atoms. The summed E-state index contributed by atoms with van der Waals surface area (Å²) in [5.41, 5.74) is 3.07. The molecule has 0 radical (unpaired) electrons. The van der Waals surface area contributed by atoms with E-state index in [0.29, 0.717) is 6.20 Å². The fourth-order valence-corrected chi connectivity index (χ4v) is 0.655. The van der Waals surface area contributed by atoms with Crippen LogP contribution >= 0.6 is 0 Å². The lowest BCUT2D eigenvalue weighted by atomic mass is 10.4. The van der Waals surface area contributed by atoms with Gasteiger partial charge in [-0.25, -0.2) is 4.79 Å². The van der Waals surface area contributed by atoms with E-state index in [1.165, 1.54) is 6.08 Å². The van der Waals surface area contributed by atoms with Crippen molar-refractivity contribution in [1.82, 2.24) is 9.97 Å². The summed E-state index contributed by atoms with van der Waals surface area (Å²) >= 11 is 0. The zero-order valence-electron chi connectivity index (χ0n) is 9.07. The van der Waals surface area contributed by atoms with Crippen molar-refractivity contribution in [2.45, 2.75) is 6.92 Å². The molecule has 0 aromatic carbocycles. The van der Waals surface area contributed by atoms with E-state index in [4.69, 9.17) is 5.73 Å². The molecule has 1 aromatic rings. The van der Waals surface area contributed by atoms with E-state index in [9.17, 15) is 18.8 Å². The van der Waals surface area contributed by atoms with Crippen LogP contribution in [0.3, 0.4) is 0 Å². The number of primary amides is 1. The average Bonchev–Trinajstić information content (AvgIpc) is 2.25. The molecule has 0 fully saturated rings. The number of carbonyl (C=O) groups excluding carboxylic acids is 1. The van der Waals surface area contributed by atoms with Crippen molar-refractivity contribution in [3.63, 3.8) is 0 Å². The molecule has 0 aliphatic carbocycles. The Labute approximate surface area is 95.7 Å². The van der Waals surface area contributed by atoms with Crippen LogP contribution in [0.25, 0.3) is 0 Å². The van der Waals surface area contributed by atoms with Gasteiger partial charge in [0.2, 0.25) is 11.7 Å². The van der Waals surface area contributed by atoms with Crippen molar-refractivity contribution in [3.8, 4) is 0 Å². The number of halogens is 1. The van der Waals surface area contributed by atoms with Crippen molar-refractivity contribution >= 4 is 5.91 Å². The number of H-pyrrole nitrogens is 2. The Hall–Kier alpha value is -2.44. The van der Waals surface area contributed by atoms with Crippen molar-refractivity contribution in [2.24, 2.45) is 5.73 Å². The SMILES string of the molecule is CC=CC=CC(N)=O.O=c1[nH]cc(F)c(=O)[nH]1. The molecule has 0 spiro atoms. The number of aromatic amines is 2. The standard InChI is InChI=1S/C6H9NO.C4H3FN2O2/c1-2-3-4-5-6(7)8;5-2-1-6-4(9)7-3(2)8/h2-5H,1H3,(H2,7,8);1H,(H2,6,7,8,9). The van der Waals surface area contributed by atoms with Crippen molar-refractivity contribution in [2.75, 3.05) is 0 Å². The van der Waals surface area contributed by atoms with Crippen LogP contribution in [0.5, 0.6) is 0 Å². The molecule has 4 N–H and O–H groups in total. The highest BCUT2D eigenvalue weighted by molar-refractivity contribution is 5.85. The molecule has 0 bridgehead atoms. The highest BCUT2D eigenvalue weighted by Gasteiger charge is 1.93. The smallest absolute Gasteiger partial charge is 0.325 e. The van der Waals surface area contributed by atoms with Gasteiger partial charge in [0.05, 0.1) is 0 Å². The third-order valence-electron chi connectivity index (χ3n) is 1.34. The maximum absolute atomic E-state index is 12.0. The Morgan fingerprint density at radius 1 is 1.41 bits per heavy atom. The summed E-state index contributed by atoms with van der Waals surface area (Å²) in [6.45, 7) is 1.87. The number of aromatic nitrogens is 2. The molecule has 0 atom stereocenters. The van der Waals surface area contributed by atoms with Gasteiger partial charge in [0, 0.05) is 12.3 Å². The molecular weight excluding hydrogens is 229 g/mol. The second kappa shape index (κ2) is 7.80. The normalized spacial score (nSPS) is 10.2. The fraction of sp³-hybridized carbons (Fsp3) is 0.100. The molecule has 1 rings (SSSR count). The summed E-state index contributed by atoms with van der Waals surface area (Å²) in [4.78, 5) is 34.0. The minimum Gasteiger partial charge on any atom is -0.366 e. The zero-order valence-corrected chi connectivity index (χ0v) is 9.07. The van der Waals surface area contributed by atoms with Crippen LogP contribution in [0.4, 0.5) is 4.39 Å². The van der Waals surface area contributed by atoms with Gasteiger partial charge in [-0.05, 0) is 6.92 Å². The second-order valence-corrected chi connectivity index (χ2v) is 2.71. The first-order chi connectivity index (χ1) is 7.97. The molecule has 7 heteroatoms. The Morgan fingerprint density at radius 3 is 2.47 bits per heavy atom. The second-order valence-electron chi connectivity index (χ2n) is 2.71. The van der Waals surface area contributed by atoms with Crippen molar-refractivity contribution in [1.29, 1.82) is 0 Å². The predicted molar refractivity (Wildman–Crippen MR) is 60.8 cm³/mol. The third kappa shape index (κ3) is 7.48. The van der Waals surface area contributed by atoms with Crippen LogP contribution in [0, 0.1) is 5.82 Å². The number of nitrogens with one attached hydrogen (secondary N) is 2. The van der Waals surface area contributed by atoms with Gasteiger partial charge in [0.1, 0.15) is 0 Å². The lowest BCUT2D eigenvalue weighted by molar-refractivity contribution is -0.113. The summed E-state index contributed by atoms with van der Waals surface area (Å²) in [7, 11) is 0. The maximum atomic E-state index is 12.0. The Bertz CT molecular complexity index is 528. The first-order valence-electron chi connectivity index (χ1n) is 4.53. The number of hydrogen-bond acceptors (Lipinski definition) is 3. The van der Waals surface area contributed by atoms with Gasteiger partial charge in [-0.1, -0.05) is 18.2 Å². The lowest BCUT2D eigenvalue weighted by Crippen LogP contribution is -2.23. The summed E-state index contributed by atoms with van der Waals surface area (Å²) in [5, 5.41) is 0. The van der Waals surface area contributed by atoms with E-state index < -0.39 is 23.0 Å². The average molecular weight is 241 g/mol. The molecule has 6 nitrogen and oxygen atoms in total. The largest absolute Gasteiger partial charge is 0.366 e. The van der Waals surface area contributed by atoms with Crippen molar-refractivity contribution < 1.29 is 9.18 Å². The van der Waals surface area contributed by atoms with Gasteiger partial charge in [0.25, 0.3) is 5.56 Å². The molecule has 0 saturated carbocycles. The van der Waals surface area contributed by atoms with Gasteiger partial charge in [0.15, 0.2) is 0 Å². The Morgan fingerprint density at radius 2 is 2.06 bits per heavy atom. The van der Waals surface area contributed by atoms with Crippen LogP contribution in [-0.4, -0.2) is 15.9 Å². The van der Waals surface area contributed by atoms with Gasteiger partial charge >= 0.3 is 5.69 Å². The molecule has 0 saturated heterocycles. The number of amides is 1. The van der Waals surface area contributed by atoms with E-state index >= 15 is 0 Å². The van der Waals surface area contributed by atoms with Crippen molar-refractivity contribution in [3.05, 3.63) is 57.2 Å². The summed E-state index contributed by atoms with van der Waals surface area (Å²) in [6, 6.07) is 0. The van der Waals surface area contributed by atoms with Crippen LogP contribution in [0.1, 0.15) is 6.92 Å². The van der Waals surface area contributed by atoms with Crippen LogP contribution in [0.2, 0.25) is 0 Å². The molecule has 1 aromatic heterocycles. The number of carbonyl (C=O) groups is 1. The van der Waals surface area contributed by atoms with E-state index in [1.54, 1.807) is 17.1 Å². The molecule has 0 unspecified atom stereocenters. The summed E-state index contributed by atoms with van der Waals surface area (Å²) in [6.07, 6.45) is 7.17. The van der Waals surface area contributed by atoms with Gasteiger partial charge < -0.3 is 10.7 Å². The lowest BCUT2D eigenvalue weighted by Gasteiger charge is -1.81. The fourth-order valence-electron chi connectivity index (χ4n) is 0.655. The zero-order chi connectivity index (χ0) is 13.3. The summed E-state index contributed by atoms with van der Waals surface area (Å²) < 4.78 is 12.0. The summed E-state index contributed by atoms with van der Waals surface area (Å²) in [5.74, 6) is -1.40. The Balaban J connectivity index is 0.000000304. The minimum atomic E-state index is -1.00. The molecule has 0 aliphatic rings. The quantitative estimate of drug-likeness (QED) is 0.493. The first kappa shape index (κ1) is 14.6. The van der Waals surface area contributed by atoms with Gasteiger partial charge in [-0.15, -0.1) is 0 Å². The maximum Gasteiger partial charge on any atom is 0.325 e. The monoisotopic (exact) mass is 241 g/mol. The van der Waals surface area contributed by atoms with Gasteiger partial charge in [-0.2, -0.15) is 4.39 Å². The molecule has 1 amide bonds. The highest BCUT2D eigenvalue weighted by Crippen LogP contribution is 1.74. The first-order valence-corrected chi connectivity index (χ1v) is 4.53. The Kier molecular flexibility index (Phi) is 6.68. The number of hydrogen-bond donors (Lipinski definition) is 3. The number of nitrogens with two attached hydrogens (primary N) is 1. The minimum absolute atomic E-state index is 0.414. The molecular formula is C10H12FN3O3. The third-order valence-corrected chi connectivity index (χ3v) is 1.34. The van der Waals surface area contributed by atoms with E-state index in [2.05, 4.69) is 0 Å². The van der Waals surface area contributed by atoms with Crippen LogP contribution in [-0.2, 0) is 4.79 Å².